The summed E-state index contributed by atoms with van der Waals surface area (Å²) in [6.45, 7) is 7.32. The molecule has 0 unspecified atom stereocenters. The van der Waals surface area contributed by atoms with Gasteiger partial charge in [0.15, 0.2) is 5.78 Å². The Hall–Kier alpha value is -3.16. The number of benzene rings is 3. The zero-order valence-electron chi connectivity index (χ0n) is 21.3. The third-order valence-electron chi connectivity index (χ3n) is 6.22. The van der Waals surface area contributed by atoms with Crippen molar-refractivity contribution in [2.24, 2.45) is 0 Å². The first-order valence-corrected chi connectivity index (χ1v) is 12.7. The first-order valence-electron chi connectivity index (χ1n) is 11.9. The second-order valence-electron chi connectivity index (χ2n) is 8.95. The molecule has 36 heavy (non-hydrogen) atoms. The van der Waals surface area contributed by atoms with E-state index in [1.807, 2.05) is 18.2 Å². The standard InChI is InChI=1S/C29H31BrN2O4/c1-18(2)20-10-12-21(13-11-20)29-31-27-26(30)22(16-25(35-5)28(27)32(29)14-15-34-4)17-36-24-9-7-6-8-23(24)19(3)33/h6-13,16,18H,14-15,17H2,1-5H3. The molecular weight excluding hydrogens is 520 g/mol. The number of hydrogen-bond donors (Lipinski definition) is 0. The van der Waals surface area contributed by atoms with Crippen molar-refractivity contribution in [1.82, 2.24) is 9.55 Å². The van der Waals surface area contributed by atoms with Crippen LogP contribution < -0.4 is 9.47 Å². The molecule has 0 atom stereocenters. The van der Waals surface area contributed by atoms with E-state index in [9.17, 15) is 4.79 Å². The number of fused-ring (bicyclic) bond motifs is 1. The van der Waals surface area contributed by atoms with Gasteiger partial charge in [-0.05, 0) is 52.5 Å². The number of rotatable bonds is 10. The summed E-state index contributed by atoms with van der Waals surface area (Å²) in [5.74, 6) is 2.50. The highest BCUT2D eigenvalue weighted by molar-refractivity contribution is 9.10. The van der Waals surface area contributed by atoms with E-state index in [1.54, 1.807) is 26.4 Å². The van der Waals surface area contributed by atoms with E-state index in [4.69, 9.17) is 19.2 Å². The third-order valence-corrected chi connectivity index (χ3v) is 7.11. The zero-order valence-corrected chi connectivity index (χ0v) is 22.9. The second-order valence-corrected chi connectivity index (χ2v) is 9.74. The average molecular weight is 551 g/mol. The van der Waals surface area contributed by atoms with Crippen molar-refractivity contribution in [3.05, 3.63) is 75.8 Å². The van der Waals surface area contributed by atoms with Gasteiger partial charge in [-0.3, -0.25) is 4.79 Å². The largest absolute Gasteiger partial charge is 0.494 e. The molecule has 4 rings (SSSR count). The summed E-state index contributed by atoms with van der Waals surface area (Å²) in [6, 6.07) is 17.7. The predicted octanol–water partition coefficient (Wildman–Crippen LogP) is 7.03. The minimum atomic E-state index is -0.0392. The Morgan fingerprint density at radius 3 is 2.42 bits per heavy atom. The van der Waals surface area contributed by atoms with Gasteiger partial charge in [-0.15, -0.1) is 0 Å². The van der Waals surface area contributed by atoms with Gasteiger partial charge in [0, 0.05) is 24.8 Å². The van der Waals surface area contributed by atoms with Gasteiger partial charge in [0.05, 0.1) is 23.8 Å². The summed E-state index contributed by atoms with van der Waals surface area (Å²) in [7, 11) is 3.35. The molecule has 0 aliphatic rings. The Balaban J connectivity index is 1.80. The summed E-state index contributed by atoms with van der Waals surface area (Å²) in [5, 5.41) is 0. The Morgan fingerprint density at radius 2 is 1.78 bits per heavy atom. The van der Waals surface area contributed by atoms with Gasteiger partial charge < -0.3 is 18.8 Å². The van der Waals surface area contributed by atoms with Crippen LogP contribution in [0.1, 0.15) is 48.2 Å². The van der Waals surface area contributed by atoms with Crippen molar-refractivity contribution in [1.29, 1.82) is 0 Å². The summed E-state index contributed by atoms with van der Waals surface area (Å²) in [5.41, 5.74) is 5.40. The van der Waals surface area contributed by atoms with E-state index in [-0.39, 0.29) is 12.4 Å². The predicted molar refractivity (Wildman–Crippen MR) is 146 cm³/mol. The molecule has 0 amide bonds. The number of imidazole rings is 1. The van der Waals surface area contributed by atoms with Gasteiger partial charge in [0.1, 0.15) is 35.0 Å². The SMILES string of the molecule is COCCn1c(-c2ccc(C(C)C)cc2)nc2c(Br)c(COc3ccccc3C(C)=O)cc(OC)c21. The number of methoxy groups -OCH3 is 2. The Morgan fingerprint density at radius 1 is 1.06 bits per heavy atom. The lowest BCUT2D eigenvalue weighted by Gasteiger charge is -2.14. The molecule has 0 aliphatic carbocycles. The molecule has 3 aromatic carbocycles. The molecule has 188 valence electrons. The fourth-order valence-electron chi connectivity index (χ4n) is 4.23. The van der Waals surface area contributed by atoms with E-state index >= 15 is 0 Å². The number of carbonyl (C=O) groups excluding carboxylic acids is 1. The molecule has 0 spiro atoms. The Labute approximate surface area is 220 Å². The number of ketones is 1. The highest BCUT2D eigenvalue weighted by Crippen LogP contribution is 2.38. The monoisotopic (exact) mass is 550 g/mol. The molecule has 4 aromatic rings. The van der Waals surface area contributed by atoms with Crippen LogP contribution in [0.15, 0.2) is 59.1 Å². The van der Waals surface area contributed by atoms with Crippen molar-refractivity contribution in [3.63, 3.8) is 0 Å². The maximum absolute atomic E-state index is 12.0. The third kappa shape index (κ3) is 5.18. The quantitative estimate of drug-likeness (QED) is 0.198. The topological polar surface area (TPSA) is 62.6 Å². The lowest BCUT2D eigenvalue weighted by Crippen LogP contribution is -2.07. The maximum atomic E-state index is 12.0. The lowest BCUT2D eigenvalue weighted by molar-refractivity contribution is 0.101. The van der Waals surface area contributed by atoms with Crippen molar-refractivity contribution < 1.29 is 19.0 Å². The van der Waals surface area contributed by atoms with E-state index < -0.39 is 0 Å². The summed E-state index contributed by atoms with van der Waals surface area (Å²) in [4.78, 5) is 17.1. The van der Waals surface area contributed by atoms with E-state index in [1.165, 1.54) is 12.5 Å². The number of aromatic nitrogens is 2. The average Bonchev–Trinajstić information content (AvgIpc) is 3.27. The highest BCUT2D eigenvalue weighted by Gasteiger charge is 2.22. The smallest absolute Gasteiger partial charge is 0.163 e. The number of ether oxygens (including phenoxy) is 3. The molecule has 6 nitrogen and oxygen atoms in total. The Bertz CT molecular complexity index is 1380. The van der Waals surface area contributed by atoms with Crippen LogP contribution in [0, 0.1) is 0 Å². The van der Waals surface area contributed by atoms with Crippen LogP contribution in [0.25, 0.3) is 22.4 Å². The molecule has 0 aliphatic heterocycles. The first-order chi connectivity index (χ1) is 17.3. The number of halogens is 1. The normalized spacial score (nSPS) is 11.3. The molecular formula is C29H31BrN2O4. The van der Waals surface area contributed by atoms with E-state index in [2.05, 4.69) is 58.6 Å². The first kappa shape index (κ1) is 25.9. The summed E-state index contributed by atoms with van der Waals surface area (Å²) >= 11 is 3.78. The van der Waals surface area contributed by atoms with Gasteiger partial charge in [0.2, 0.25) is 0 Å². The van der Waals surface area contributed by atoms with Crippen LogP contribution >= 0.6 is 15.9 Å². The molecule has 0 N–H and O–H groups in total. The number of hydrogen-bond acceptors (Lipinski definition) is 5. The van der Waals surface area contributed by atoms with Gasteiger partial charge >= 0.3 is 0 Å². The second kappa shape index (κ2) is 11.3. The van der Waals surface area contributed by atoms with Crippen molar-refractivity contribution in [3.8, 4) is 22.9 Å². The van der Waals surface area contributed by atoms with Gasteiger partial charge in [0.25, 0.3) is 0 Å². The number of Topliss-reactive ketones (excluding diaryl/α,β-unsaturated/α-hetero) is 1. The molecule has 0 saturated carbocycles. The van der Waals surface area contributed by atoms with Crippen LogP contribution in [-0.2, 0) is 17.9 Å². The summed E-state index contributed by atoms with van der Waals surface area (Å²) in [6.07, 6.45) is 0. The van der Waals surface area contributed by atoms with Crippen LogP contribution in [0.5, 0.6) is 11.5 Å². The van der Waals surface area contributed by atoms with Crippen LogP contribution in [0.4, 0.5) is 0 Å². The Kier molecular flexibility index (Phi) is 8.11. The summed E-state index contributed by atoms with van der Waals surface area (Å²) < 4.78 is 20.3. The van der Waals surface area contributed by atoms with Gasteiger partial charge in [-0.2, -0.15) is 0 Å². The molecule has 7 heteroatoms. The molecule has 1 aromatic heterocycles. The number of nitrogens with zero attached hydrogens (tertiary/aromatic N) is 2. The number of para-hydroxylation sites is 1. The van der Waals surface area contributed by atoms with Gasteiger partial charge in [-0.25, -0.2) is 4.98 Å². The number of carbonyl (C=O) groups is 1. The van der Waals surface area contributed by atoms with Gasteiger partial charge in [-0.1, -0.05) is 50.2 Å². The highest BCUT2D eigenvalue weighted by atomic mass is 79.9. The van der Waals surface area contributed by atoms with Crippen molar-refractivity contribution in [2.45, 2.75) is 39.8 Å². The molecule has 0 fully saturated rings. The lowest BCUT2D eigenvalue weighted by atomic mass is 10.0. The molecule has 0 saturated heterocycles. The zero-order chi connectivity index (χ0) is 25.8. The molecule has 1 heterocycles. The van der Waals surface area contributed by atoms with E-state index in [0.717, 1.165) is 32.5 Å². The minimum Gasteiger partial charge on any atom is -0.494 e. The van der Waals surface area contributed by atoms with Crippen LogP contribution in [0.3, 0.4) is 0 Å². The maximum Gasteiger partial charge on any atom is 0.163 e. The molecule has 0 radical (unpaired) electrons. The van der Waals surface area contributed by atoms with Crippen molar-refractivity contribution >= 4 is 32.7 Å². The minimum absolute atomic E-state index is 0.0392. The van der Waals surface area contributed by atoms with Crippen LogP contribution in [-0.4, -0.2) is 36.2 Å². The molecule has 0 bridgehead atoms. The van der Waals surface area contributed by atoms with E-state index in [0.29, 0.717) is 36.1 Å². The fraction of sp³-hybridized carbons (Fsp3) is 0.310. The van der Waals surface area contributed by atoms with Crippen LogP contribution in [0.2, 0.25) is 0 Å². The fourth-order valence-corrected chi connectivity index (χ4v) is 4.74. The van der Waals surface area contributed by atoms with Crippen molar-refractivity contribution in [2.75, 3.05) is 20.8 Å².